The third kappa shape index (κ3) is 4.38. The van der Waals surface area contributed by atoms with Crippen LogP contribution >= 0.6 is 0 Å². The van der Waals surface area contributed by atoms with E-state index in [1.165, 1.54) is 12.1 Å². The molecule has 2 aromatic carbocycles. The smallest absolute Gasteiger partial charge is 0.270 e. The first-order valence-electron chi connectivity index (χ1n) is 8.58. The number of carbonyl (C=O) groups is 2. The molecule has 2 amide bonds. The van der Waals surface area contributed by atoms with Crippen molar-refractivity contribution in [1.82, 2.24) is 9.80 Å². The van der Waals surface area contributed by atoms with Gasteiger partial charge in [0, 0.05) is 43.9 Å². The van der Waals surface area contributed by atoms with Gasteiger partial charge < -0.3 is 9.80 Å². The number of piperazine rings is 1. The van der Waals surface area contributed by atoms with Gasteiger partial charge in [-0.2, -0.15) is 0 Å². The maximum absolute atomic E-state index is 13.1. The number of amides is 2. The number of rotatable bonds is 5. The van der Waals surface area contributed by atoms with Gasteiger partial charge in [-0.05, 0) is 17.2 Å². The Morgan fingerprint density at radius 3 is 2.33 bits per heavy atom. The number of benzene rings is 2. The second-order valence-corrected chi connectivity index (χ2v) is 6.21. The number of nitro benzene ring substituents is 1. The highest BCUT2D eigenvalue weighted by molar-refractivity contribution is 6.24. The third-order valence-electron chi connectivity index (χ3n) is 4.46. The Hall–Kier alpha value is -3.48. The van der Waals surface area contributed by atoms with Gasteiger partial charge in [-0.15, -0.1) is 0 Å². The van der Waals surface area contributed by atoms with Gasteiger partial charge in [0.05, 0.1) is 4.92 Å². The van der Waals surface area contributed by atoms with Crippen molar-refractivity contribution in [2.75, 3.05) is 26.2 Å². The summed E-state index contributed by atoms with van der Waals surface area (Å²) in [5.74, 6) is -0.154. The number of nitro groups is 1. The van der Waals surface area contributed by atoms with E-state index in [-0.39, 0.29) is 11.6 Å². The summed E-state index contributed by atoms with van der Waals surface area (Å²) in [7, 11) is 0. The second kappa shape index (κ2) is 8.27. The van der Waals surface area contributed by atoms with Crippen LogP contribution in [-0.4, -0.2) is 53.2 Å². The third-order valence-corrected chi connectivity index (χ3v) is 4.46. The van der Waals surface area contributed by atoms with Crippen LogP contribution in [0.15, 0.2) is 54.6 Å². The number of hydrogen-bond donors (Lipinski definition) is 0. The van der Waals surface area contributed by atoms with Crippen LogP contribution in [-0.2, 0) is 9.59 Å². The van der Waals surface area contributed by atoms with E-state index in [2.05, 4.69) is 0 Å². The zero-order chi connectivity index (χ0) is 19.2. The summed E-state index contributed by atoms with van der Waals surface area (Å²) >= 11 is 0. The second-order valence-electron chi connectivity index (χ2n) is 6.21. The molecular formula is C20H19N3O4. The van der Waals surface area contributed by atoms with E-state index < -0.39 is 4.92 Å². The van der Waals surface area contributed by atoms with E-state index in [4.69, 9.17) is 0 Å². The molecule has 2 aromatic rings. The highest BCUT2D eigenvalue weighted by Gasteiger charge is 2.24. The average Bonchev–Trinajstić information content (AvgIpc) is 2.72. The molecule has 1 aliphatic heterocycles. The molecule has 1 fully saturated rings. The predicted molar refractivity (Wildman–Crippen MR) is 102 cm³/mol. The van der Waals surface area contributed by atoms with E-state index >= 15 is 0 Å². The first-order chi connectivity index (χ1) is 13.1. The van der Waals surface area contributed by atoms with Gasteiger partial charge in [0.1, 0.15) is 0 Å². The van der Waals surface area contributed by atoms with Crippen molar-refractivity contribution in [1.29, 1.82) is 0 Å². The lowest BCUT2D eigenvalue weighted by Crippen LogP contribution is -2.48. The molecule has 0 unspecified atom stereocenters. The summed E-state index contributed by atoms with van der Waals surface area (Å²) in [6, 6.07) is 15.4. The molecule has 1 aliphatic rings. The number of hydrogen-bond acceptors (Lipinski definition) is 4. The summed E-state index contributed by atoms with van der Waals surface area (Å²) in [4.78, 5) is 37.9. The van der Waals surface area contributed by atoms with Crippen LogP contribution in [0.4, 0.5) is 5.69 Å². The van der Waals surface area contributed by atoms with Crippen LogP contribution in [0, 0.1) is 10.1 Å². The maximum atomic E-state index is 13.1. The van der Waals surface area contributed by atoms with Gasteiger partial charge in [0.15, 0.2) is 0 Å². The van der Waals surface area contributed by atoms with Crippen molar-refractivity contribution in [2.45, 2.75) is 0 Å². The zero-order valence-corrected chi connectivity index (χ0v) is 14.7. The normalized spacial score (nSPS) is 14.7. The molecule has 0 atom stereocenters. The van der Waals surface area contributed by atoms with Crippen LogP contribution < -0.4 is 0 Å². The quantitative estimate of drug-likeness (QED) is 0.268. The standard InChI is InChI=1S/C20H19N3O4/c24-15-21-9-11-22(12-10-21)20(25)19(17-6-2-1-3-7-17)14-16-5-4-8-18(13-16)23(26)27/h1-8,13-15H,9-12H2/b19-14+. The average molecular weight is 365 g/mol. The summed E-state index contributed by atoms with van der Waals surface area (Å²) in [5.41, 5.74) is 1.77. The fraction of sp³-hybridized carbons (Fsp3) is 0.200. The van der Waals surface area contributed by atoms with E-state index in [9.17, 15) is 19.7 Å². The predicted octanol–water partition coefficient (Wildman–Crippen LogP) is 2.44. The highest BCUT2D eigenvalue weighted by Crippen LogP contribution is 2.23. The van der Waals surface area contributed by atoms with Crippen molar-refractivity contribution in [3.05, 3.63) is 75.8 Å². The summed E-state index contributed by atoms with van der Waals surface area (Å²) in [6.45, 7) is 1.90. The lowest BCUT2D eigenvalue weighted by molar-refractivity contribution is -0.384. The summed E-state index contributed by atoms with van der Waals surface area (Å²) < 4.78 is 0. The molecule has 27 heavy (non-hydrogen) atoms. The molecule has 138 valence electrons. The van der Waals surface area contributed by atoms with Gasteiger partial charge in [-0.1, -0.05) is 42.5 Å². The minimum atomic E-state index is -0.458. The Morgan fingerprint density at radius 2 is 1.70 bits per heavy atom. The summed E-state index contributed by atoms with van der Waals surface area (Å²) in [5, 5.41) is 11.0. The molecule has 1 heterocycles. The Balaban J connectivity index is 1.95. The Bertz CT molecular complexity index is 872. The molecule has 7 nitrogen and oxygen atoms in total. The van der Waals surface area contributed by atoms with E-state index in [1.54, 1.807) is 28.0 Å². The maximum Gasteiger partial charge on any atom is 0.270 e. The van der Waals surface area contributed by atoms with Gasteiger partial charge >= 0.3 is 0 Å². The SMILES string of the molecule is O=CN1CCN(C(=O)/C(=C/c2cccc([N+](=O)[O-])c2)c2ccccc2)CC1. The van der Waals surface area contributed by atoms with Gasteiger partial charge in [-0.25, -0.2) is 0 Å². The molecule has 0 bridgehead atoms. The molecule has 0 aliphatic carbocycles. The molecule has 0 spiro atoms. The minimum Gasteiger partial charge on any atom is -0.342 e. The van der Waals surface area contributed by atoms with Gasteiger partial charge in [-0.3, -0.25) is 19.7 Å². The lowest BCUT2D eigenvalue weighted by Gasteiger charge is -2.33. The monoisotopic (exact) mass is 365 g/mol. The Kier molecular flexibility index (Phi) is 5.61. The molecule has 7 heteroatoms. The zero-order valence-electron chi connectivity index (χ0n) is 14.7. The fourth-order valence-electron chi connectivity index (χ4n) is 2.98. The Labute approximate surface area is 156 Å². The van der Waals surface area contributed by atoms with Crippen molar-refractivity contribution < 1.29 is 14.5 Å². The molecule has 0 saturated carbocycles. The van der Waals surface area contributed by atoms with Crippen molar-refractivity contribution in [3.63, 3.8) is 0 Å². The van der Waals surface area contributed by atoms with Crippen LogP contribution in [0.25, 0.3) is 11.6 Å². The van der Waals surface area contributed by atoms with Crippen molar-refractivity contribution in [2.24, 2.45) is 0 Å². The molecule has 1 saturated heterocycles. The minimum absolute atomic E-state index is 0.0248. The molecule has 0 aromatic heterocycles. The topological polar surface area (TPSA) is 83.8 Å². The highest BCUT2D eigenvalue weighted by atomic mass is 16.6. The fourth-order valence-corrected chi connectivity index (χ4v) is 2.98. The molecule has 3 rings (SSSR count). The molecular weight excluding hydrogens is 346 g/mol. The van der Waals surface area contributed by atoms with Crippen LogP contribution in [0.1, 0.15) is 11.1 Å². The lowest BCUT2D eigenvalue weighted by atomic mass is 10.0. The first-order valence-corrected chi connectivity index (χ1v) is 8.58. The van der Waals surface area contributed by atoms with Gasteiger partial charge in [0.25, 0.3) is 11.6 Å². The van der Waals surface area contributed by atoms with E-state index in [1.807, 2.05) is 30.3 Å². The number of carbonyl (C=O) groups excluding carboxylic acids is 2. The van der Waals surface area contributed by atoms with Crippen molar-refractivity contribution in [3.8, 4) is 0 Å². The largest absolute Gasteiger partial charge is 0.342 e. The van der Waals surface area contributed by atoms with Crippen LogP contribution in [0.3, 0.4) is 0 Å². The summed E-state index contributed by atoms with van der Waals surface area (Å²) in [6.07, 6.45) is 2.47. The van der Waals surface area contributed by atoms with Gasteiger partial charge in [0.2, 0.25) is 6.41 Å². The van der Waals surface area contributed by atoms with Crippen LogP contribution in [0.5, 0.6) is 0 Å². The molecule has 0 N–H and O–H groups in total. The first kappa shape index (κ1) is 18.3. The van der Waals surface area contributed by atoms with E-state index in [0.29, 0.717) is 37.3 Å². The van der Waals surface area contributed by atoms with Crippen LogP contribution in [0.2, 0.25) is 0 Å². The van der Waals surface area contributed by atoms with Crippen molar-refractivity contribution >= 4 is 29.7 Å². The molecule has 0 radical (unpaired) electrons. The number of non-ortho nitro benzene ring substituents is 1. The Morgan fingerprint density at radius 1 is 1.00 bits per heavy atom. The van der Waals surface area contributed by atoms with E-state index in [0.717, 1.165) is 12.0 Å². The number of nitrogens with zero attached hydrogens (tertiary/aromatic N) is 3.